The highest BCUT2D eigenvalue weighted by Gasteiger charge is 2.21. The van der Waals surface area contributed by atoms with E-state index in [9.17, 15) is 19.7 Å². The normalized spacial score (nSPS) is 10.9. The van der Waals surface area contributed by atoms with Crippen LogP contribution in [0.3, 0.4) is 0 Å². The third-order valence-electron chi connectivity index (χ3n) is 5.14. The second-order valence-corrected chi connectivity index (χ2v) is 7.81. The van der Waals surface area contributed by atoms with E-state index in [0.29, 0.717) is 16.3 Å². The number of aromatic amines is 1. The molecular formula is C23H14ClN7O4. The van der Waals surface area contributed by atoms with Gasteiger partial charge in [-0.15, -0.1) is 0 Å². The number of nitrogens with one attached hydrogen (secondary N) is 2. The van der Waals surface area contributed by atoms with Crippen molar-refractivity contribution < 1.29 is 9.72 Å². The van der Waals surface area contributed by atoms with Crippen molar-refractivity contribution in [3.63, 3.8) is 0 Å². The summed E-state index contributed by atoms with van der Waals surface area (Å²) >= 11 is 6.12. The smallest absolute Gasteiger partial charge is 0.270 e. The summed E-state index contributed by atoms with van der Waals surface area (Å²) in [5.74, 6) is -0.643. The summed E-state index contributed by atoms with van der Waals surface area (Å²) in [7, 11) is 0. The Kier molecular flexibility index (Phi) is 5.51. The van der Waals surface area contributed by atoms with Gasteiger partial charge in [0.1, 0.15) is 11.2 Å². The first-order valence-electron chi connectivity index (χ1n) is 10.2. The van der Waals surface area contributed by atoms with E-state index in [-0.39, 0.29) is 33.7 Å². The monoisotopic (exact) mass is 487 g/mol. The van der Waals surface area contributed by atoms with Crippen molar-refractivity contribution in [3.8, 4) is 22.6 Å². The predicted octanol–water partition coefficient (Wildman–Crippen LogP) is 3.79. The van der Waals surface area contributed by atoms with Crippen LogP contribution in [0.5, 0.6) is 0 Å². The molecule has 11 nitrogen and oxygen atoms in total. The van der Waals surface area contributed by atoms with Gasteiger partial charge < -0.3 is 0 Å². The standard InChI is InChI=1S/C23H14ClN7O4/c24-16-7-1-4-13(10-16)18-19-20(28-27-18)23(33)30(29-22(32)15-6-3-9-25-12-15)21(26-19)14-5-2-8-17(11-14)31(34)35/h1-12H,(H,27,28)(H,29,32). The van der Waals surface area contributed by atoms with Crippen LogP contribution in [0.15, 0.2) is 77.9 Å². The predicted molar refractivity (Wildman–Crippen MR) is 129 cm³/mol. The number of hydrogen-bond donors (Lipinski definition) is 2. The number of carbonyl (C=O) groups is 1. The fourth-order valence-electron chi connectivity index (χ4n) is 3.51. The lowest BCUT2D eigenvalue weighted by atomic mass is 10.1. The number of non-ortho nitro benzene ring substituents is 1. The summed E-state index contributed by atoms with van der Waals surface area (Å²) in [4.78, 5) is 45.6. The number of halogens is 1. The van der Waals surface area contributed by atoms with Crippen LogP contribution >= 0.6 is 11.6 Å². The van der Waals surface area contributed by atoms with Crippen molar-refractivity contribution in [3.05, 3.63) is 104 Å². The number of fused-ring (bicyclic) bond motifs is 1. The Morgan fingerprint density at radius 3 is 2.63 bits per heavy atom. The molecule has 0 spiro atoms. The molecule has 12 heteroatoms. The molecule has 0 atom stereocenters. The van der Waals surface area contributed by atoms with Crippen molar-refractivity contribution in [2.45, 2.75) is 0 Å². The molecule has 2 N–H and O–H groups in total. The van der Waals surface area contributed by atoms with Gasteiger partial charge in [-0.05, 0) is 24.3 Å². The third kappa shape index (κ3) is 4.11. The minimum absolute atomic E-state index is 0.0203. The van der Waals surface area contributed by atoms with Crippen molar-refractivity contribution in [1.82, 2.24) is 24.8 Å². The lowest BCUT2D eigenvalue weighted by Crippen LogP contribution is -2.35. The van der Waals surface area contributed by atoms with Gasteiger partial charge in [0.05, 0.1) is 10.5 Å². The quantitative estimate of drug-likeness (QED) is 0.283. The van der Waals surface area contributed by atoms with Crippen LogP contribution in [0.1, 0.15) is 10.4 Å². The minimum Gasteiger partial charge on any atom is -0.270 e. The maximum absolute atomic E-state index is 13.5. The van der Waals surface area contributed by atoms with Gasteiger partial charge in [-0.2, -0.15) is 9.77 Å². The molecule has 2 aromatic carbocycles. The van der Waals surface area contributed by atoms with E-state index in [1.165, 1.54) is 36.7 Å². The Morgan fingerprint density at radius 1 is 1.09 bits per heavy atom. The van der Waals surface area contributed by atoms with Crippen molar-refractivity contribution in [1.29, 1.82) is 0 Å². The van der Waals surface area contributed by atoms with Gasteiger partial charge in [0.15, 0.2) is 11.3 Å². The van der Waals surface area contributed by atoms with Crippen LogP contribution in [0, 0.1) is 10.1 Å². The lowest BCUT2D eigenvalue weighted by molar-refractivity contribution is -0.384. The second kappa shape index (κ2) is 8.80. The Morgan fingerprint density at radius 2 is 1.89 bits per heavy atom. The largest absolute Gasteiger partial charge is 0.298 e. The van der Waals surface area contributed by atoms with Gasteiger partial charge in [-0.1, -0.05) is 35.9 Å². The van der Waals surface area contributed by atoms with Crippen LogP contribution < -0.4 is 11.0 Å². The molecule has 0 fully saturated rings. The molecule has 0 saturated heterocycles. The van der Waals surface area contributed by atoms with Gasteiger partial charge in [0, 0.05) is 40.7 Å². The highest BCUT2D eigenvalue weighted by molar-refractivity contribution is 6.30. The summed E-state index contributed by atoms with van der Waals surface area (Å²) in [5, 5.41) is 18.7. The Labute approximate surface area is 201 Å². The molecule has 172 valence electrons. The SMILES string of the molecule is O=C(Nn1c(-c2cccc([N+](=O)[O-])c2)nc2c(-c3cccc(Cl)c3)n[nH]c2c1=O)c1cccnc1. The molecule has 0 saturated carbocycles. The number of nitro benzene ring substituents is 1. The maximum atomic E-state index is 13.5. The van der Waals surface area contributed by atoms with Crippen molar-refractivity contribution in [2.75, 3.05) is 5.43 Å². The molecule has 35 heavy (non-hydrogen) atoms. The third-order valence-corrected chi connectivity index (χ3v) is 5.37. The Balaban J connectivity index is 1.75. The molecule has 0 aliphatic carbocycles. The molecule has 0 bridgehead atoms. The minimum atomic E-state index is -0.658. The van der Waals surface area contributed by atoms with E-state index >= 15 is 0 Å². The molecule has 0 radical (unpaired) electrons. The molecule has 0 aliphatic rings. The van der Waals surface area contributed by atoms with Crippen molar-refractivity contribution in [2.24, 2.45) is 0 Å². The summed E-state index contributed by atoms with van der Waals surface area (Å²) < 4.78 is 0.927. The van der Waals surface area contributed by atoms with Gasteiger partial charge in [-0.3, -0.25) is 35.2 Å². The molecule has 3 heterocycles. The van der Waals surface area contributed by atoms with Gasteiger partial charge >= 0.3 is 0 Å². The van der Waals surface area contributed by atoms with Crippen LogP contribution in [-0.4, -0.2) is 35.7 Å². The molecule has 1 amide bonds. The highest BCUT2D eigenvalue weighted by Crippen LogP contribution is 2.28. The van der Waals surface area contributed by atoms with Gasteiger partial charge in [0.25, 0.3) is 17.2 Å². The summed E-state index contributed by atoms with van der Waals surface area (Å²) in [6.45, 7) is 0. The van der Waals surface area contributed by atoms with Crippen LogP contribution in [0.2, 0.25) is 5.02 Å². The van der Waals surface area contributed by atoms with E-state index in [1.807, 2.05) is 0 Å². The topological polar surface area (TPSA) is 149 Å². The lowest BCUT2D eigenvalue weighted by Gasteiger charge is -2.13. The number of nitro groups is 1. The molecular weight excluding hydrogens is 474 g/mol. The van der Waals surface area contributed by atoms with E-state index in [0.717, 1.165) is 4.68 Å². The van der Waals surface area contributed by atoms with Crippen molar-refractivity contribution >= 4 is 34.2 Å². The number of amides is 1. The average molecular weight is 488 g/mol. The second-order valence-electron chi connectivity index (χ2n) is 7.37. The molecule has 0 unspecified atom stereocenters. The molecule has 5 rings (SSSR count). The van der Waals surface area contributed by atoms with Crippen LogP contribution in [-0.2, 0) is 0 Å². The number of pyridine rings is 1. The zero-order valence-electron chi connectivity index (χ0n) is 17.7. The zero-order valence-corrected chi connectivity index (χ0v) is 18.4. The zero-order chi connectivity index (χ0) is 24.5. The van der Waals surface area contributed by atoms with E-state index < -0.39 is 16.4 Å². The molecule has 5 aromatic rings. The Bertz CT molecular complexity index is 1660. The molecule has 0 aliphatic heterocycles. The number of carbonyl (C=O) groups excluding carboxylic acids is 1. The molecule has 3 aromatic heterocycles. The fraction of sp³-hybridized carbons (Fsp3) is 0. The summed E-state index contributed by atoms with van der Waals surface area (Å²) in [5.41, 5.74) is 3.30. The first-order chi connectivity index (χ1) is 16.9. The number of nitrogens with zero attached hydrogens (tertiary/aromatic N) is 5. The van der Waals surface area contributed by atoms with Gasteiger partial charge in [-0.25, -0.2) is 4.98 Å². The van der Waals surface area contributed by atoms with Crippen LogP contribution in [0.25, 0.3) is 33.7 Å². The number of hydrogen-bond acceptors (Lipinski definition) is 7. The first-order valence-corrected chi connectivity index (χ1v) is 10.5. The average Bonchev–Trinajstić information content (AvgIpc) is 3.30. The van der Waals surface area contributed by atoms with Crippen LogP contribution in [0.4, 0.5) is 5.69 Å². The number of benzene rings is 2. The number of H-pyrrole nitrogens is 1. The van der Waals surface area contributed by atoms with Gasteiger partial charge in [0.2, 0.25) is 0 Å². The number of rotatable bonds is 5. The highest BCUT2D eigenvalue weighted by atomic mass is 35.5. The van der Waals surface area contributed by atoms with E-state index in [4.69, 9.17) is 11.6 Å². The van der Waals surface area contributed by atoms with E-state index in [1.54, 1.807) is 36.4 Å². The number of aromatic nitrogens is 5. The summed E-state index contributed by atoms with van der Waals surface area (Å²) in [6.07, 6.45) is 2.85. The maximum Gasteiger partial charge on any atom is 0.298 e. The fourth-order valence-corrected chi connectivity index (χ4v) is 3.70. The van der Waals surface area contributed by atoms with E-state index in [2.05, 4.69) is 25.6 Å². The summed E-state index contributed by atoms with van der Waals surface area (Å²) in [6, 6.07) is 15.5. The first kappa shape index (κ1) is 21.9. The Hall–Kier alpha value is -4.90.